The lowest BCUT2D eigenvalue weighted by Gasteiger charge is -2.05. The van der Waals surface area contributed by atoms with Gasteiger partial charge in [0.1, 0.15) is 23.0 Å². The van der Waals surface area contributed by atoms with E-state index in [-0.39, 0.29) is 11.7 Å². The van der Waals surface area contributed by atoms with Crippen molar-refractivity contribution in [1.82, 2.24) is 24.7 Å². The van der Waals surface area contributed by atoms with E-state index in [9.17, 15) is 9.18 Å². The highest BCUT2D eigenvalue weighted by Crippen LogP contribution is 2.14. The Balaban J connectivity index is 1.47. The molecule has 4 aromatic rings. The number of aryl methyl sites for hydroxylation is 1. The first-order valence-electron chi connectivity index (χ1n) is 7.98. The molecule has 0 atom stereocenters. The van der Waals surface area contributed by atoms with Gasteiger partial charge in [-0.25, -0.2) is 14.4 Å². The second-order valence-electron chi connectivity index (χ2n) is 5.83. The Morgan fingerprint density at radius 1 is 1.28 bits per heavy atom. The van der Waals surface area contributed by atoms with E-state index in [0.29, 0.717) is 41.2 Å². The maximum Gasteiger partial charge on any atom is 0.270 e. The van der Waals surface area contributed by atoms with E-state index >= 15 is 0 Å². The number of aromatic nitrogens is 4. The van der Waals surface area contributed by atoms with Gasteiger partial charge in [-0.05, 0) is 37.3 Å². The van der Waals surface area contributed by atoms with Crippen LogP contribution in [0.15, 0.2) is 42.6 Å². The third-order valence-electron chi connectivity index (χ3n) is 4.06. The van der Waals surface area contributed by atoms with Crippen LogP contribution in [0.25, 0.3) is 16.7 Å². The number of rotatable bonds is 4. The molecule has 0 fully saturated rings. The number of aromatic amines is 1. The summed E-state index contributed by atoms with van der Waals surface area (Å²) in [7, 11) is 0. The minimum absolute atomic E-state index is 0.182. The molecule has 3 heterocycles. The van der Waals surface area contributed by atoms with Crippen molar-refractivity contribution in [1.29, 1.82) is 0 Å². The van der Waals surface area contributed by atoms with Crippen LogP contribution >= 0.6 is 0 Å². The van der Waals surface area contributed by atoms with Gasteiger partial charge >= 0.3 is 0 Å². The Labute approximate surface area is 142 Å². The first kappa shape index (κ1) is 15.3. The standard InChI is InChI=1S/C18H16FN5O/c1-11-17(24-9-3-2-4-16(24)21-11)18(25)20-8-7-15-22-13-6-5-12(19)10-14(13)23-15/h2-6,9-10H,7-8H2,1H3,(H,20,25)(H,22,23). The van der Waals surface area contributed by atoms with Crippen LogP contribution in [0.4, 0.5) is 4.39 Å². The summed E-state index contributed by atoms with van der Waals surface area (Å²) in [5.41, 5.74) is 3.31. The van der Waals surface area contributed by atoms with Gasteiger partial charge in [0.05, 0.1) is 16.7 Å². The molecule has 2 N–H and O–H groups in total. The third kappa shape index (κ3) is 2.84. The summed E-state index contributed by atoms with van der Waals surface area (Å²) in [6.07, 6.45) is 2.34. The molecule has 1 aromatic carbocycles. The van der Waals surface area contributed by atoms with Crippen LogP contribution < -0.4 is 5.32 Å². The molecule has 0 saturated carbocycles. The fraction of sp³-hybridized carbons (Fsp3) is 0.167. The summed E-state index contributed by atoms with van der Waals surface area (Å²) in [6.45, 7) is 2.23. The Kier molecular flexibility index (Phi) is 3.68. The number of nitrogens with zero attached hydrogens (tertiary/aromatic N) is 3. The maximum atomic E-state index is 13.2. The number of carbonyl (C=O) groups is 1. The topological polar surface area (TPSA) is 75.1 Å². The lowest BCUT2D eigenvalue weighted by molar-refractivity contribution is 0.0947. The summed E-state index contributed by atoms with van der Waals surface area (Å²) in [6, 6.07) is 10.0. The van der Waals surface area contributed by atoms with Crippen molar-refractivity contribution in [2.75, 3.05) is 6.54 Å². The Morgan fingerprint density at radius 3 is 3.04 bits per heavy atom. The lowest BCUT2D eigenvalue weighted by atomic mass is 10.3. The molecule has 1 amide bonds. The average molecular weight is 337 g/mol. The smallest absolute Gasteiger partial charge is 0.270 e. The van der Waals surface area contributed by atoms with Crippen molar-refractivity contribution in [3.63, 3.8) is 0 Å². The number of benzene rings is 1. The molecule has 0 aliphatic heterocycles. The first-order chi connectivity index (χ1) is 12.1. The Hall–Kier alpha value is -3.22. The minimum Gasteiger partial charge on any atom is -0.350 e. The molecule has 0 aliphatic rings. The van der Waals surface area contributed by atoms with E-state index < -0.39 is 0 Å². The van der Waals surface area contributed by atoms with Gasteiger partial charge < -0.3 is 10.3 Å². The predicted molar refractivity (Wildman–Crippen MR) is 92.0 cm³/mol. The van der Waals surface area contributed by atoms with Crippen molar-refractivity contribution in [3.8, 4) is 0 Å². The van der Waals surface area contributed by atoms with Crippen molar-refractivity contribution < 1.29 is 9.18 Å². The van der Waals surface area contributed by atoms with Gasteiger partial charge in [-0.15, -0.1) is 0 Å². The number of nitrogens with one attached hydrogen (secondary N) is 2. The Morgan fingerprint density at radius 2 is 2.16 bits per heavy atom. The number of imidazole rings is 2. The molecular formula is C18H16FN5O. The Bertz CT molecular complexity index is 1080. The molecule has 0 aliphatic carbocycles. The molecule has 6 nitrogen and oxygen atoms in total. The molecule has 0 saturated heterocycles. The fourth-order valence-corrected chi connectivity index (χ4v) is 2.92. The first-order valence-corrected chi connectivity index (χ1v) is 7.98. The van der Waals surface area contributed by atoms with E-state index in [2.05, 4.69) is 20.3 Å². The molecule has 0 unspecified atom stereocenters. The van der Waals surface area contributed by atoms with Gasteiger partial charge in [0.25, 0.3) is 5.91 Å². The molecule has 126 valence electrons. The number of hydrogen-bond donors (Lipinski definition) is 2. The average Bonchev–Trinajstić information content (AvgIpc) is 3.13. The van der Waals surface area contributed by atoms with Gasteiger partial charge in [0.15, 0.2) is 0 Å². The van der Waals surface area contributed by atoms with Crippen molar-refractivity contribution >= 4 is 22.6 Å². The minimum atomic E-state index is -0.306. The lowest BCUT2D eigenvalue weighted by Crippen LogP contribution is -2.27. The number of amides is 1. The zero-order valence-corrected chi connectivity index (χ0v) is 13.6. The molecule has 0 spiro atoms. The van der Waals surface area contributed by atoms with Gasteiger partial charge in [-0.1, -0.05) is 6.07 Å². The van der Waals surface area contributed by atoms with E-state index in [4.69, 9.17) is 0 Å². The molecule has 0 radical (unpaired) electrons. The number of fused-ring (bicyclic) bond motifs is 2. The van der Waals surface area contributed by atoms with Crippen LogP contribution in [0.1, 0.15) is 22.0 Å². The normalized spacial score (nSPS) is 11.3. The van der Waals surface area contributed by atoms with E-state index in [1.807, 2.05) is 31.3 Å². The monoisotopic (exact) mass is 337 g/mol. The number of halogens is 1. The van der Waals surface area contributed by atoms with Crippen LogP contribution in [0, 0.1) is 12.7 Å². The summed E-state index contributed by atoms with van der Waals surface area (Å²) in [4.78, 5) is 24.3. The van der Waals surface area contributed by atoms with Crippen molar-refractivity contribution in [2.24, 2.45) is 0 Å². The van der Waals surface area contributed by atoms with Crippen LogP contribution in [0.2, 0.25) is 0 Å². The highest BCUT2D eigenvalue weighted by Gasteiger charge is 2.16. The van der Waals surface area contributed by atoms with Gasteiger partial charge in [0, 0.05) is 19.2 Å². The largest absolute Gasteiger partial charge is 0.350 e. The summed E-state index contributed by atoms with van der Waals surface area (Å²) in [5.74, 6) is 0.216. The molecular weight excluding hydrogens is 321 g/mol. The quantitative estimate of drug-likeness (QED) is 0.601. The van der Waals surface area contributed by atoms with E-state index in [1.165, 1.54) is 12.1 Å². The zero-order valence-electron chi connectivity index (χ0n) is 13.6. The number of pyridine rings is 1. The second kappa shape index (κ2) is 6.01. The number of H-pyrrole nitrogens is 1. The van der Waals surface area contributed by atoms with Crippen LogP contribution in [0.3, 0.4) is 0 Å². The van der Waals surface area contributed by atoms with Gasteiger partial charge in [0.2, 0.25) is 0 Å². The number of hydrogen-bond acceptors (Lipinski definition) is 3. The second-order valence-corrected chi connectivity index (χ2v) is 5.83. The molecule has 25 heavy (non-hydrogen) atoms. The third-order valence-corrected chi connectivity index (χ3v) is 4.06. The van der Waals surface area contributed by atoms with Crippen LogP contribution in [-0.4, -0.2) is 31.8 Å². The zero-order chi connectivity index (χ0) is 17.4. The van der Waals surface area contributed by atoms with E-state index in [1.54, 1.807) is 10.5 Å². The predicted octanol–water partition coefficient (Wildman–Crippen LogP) is 2.63. The highest BCUT2D eigenvalue weighted by molar-refractivity contribution is 5.94. The summed E-state index contributed by atoms with van der Waals surface area (Å²) >= 11 is 0. The number of carbonyl (C=O) groups excluding carboxylic acids is 1. The molecule has 4 rings (SSSR count). The molecule has 3 aromatic heterocycles. The van der Waals surface area contributed by atoms with Crippen molar-refractivity contribution in [3.05, 3.63) is 65.6 Å². The summed E-state index contributed by atoms with van der Waals surface area (Å²) in [5, 5.41) is 2.89. The molecule has 0 bridgehead atoms. The maximum absolute atomic E-state index is 13.2. The van der Waals surface area contributed by atoms with Gasteiger partial charge in [-0.3, -0.25) is 9.20 Å². The fourth-order valence-electron chi connectivity index (χ4n) is 2.92. The summed E-state index contributed by atoms with van der Waals surface area (Å²) < 4.78 is 15.0. The SMILES string of the molecule is Cc1nc2ccccn2c1C(=O)NCCc1nc2ccc(F)cc2[nH]1. The van der Waals surface area contributed by atoms with E-state index in [0.717, 1.165) is 5.65 Å². The van der Waals surface area contributed by atoms with Crippen LogP contribution in [0.5, 0.6) is 0 Å². The highest BCUT2D eigenvalue weighted by atomic mass is 19.1. The van der Waals surface area contributed by atoms with Gasteiger partial charge in [-0.2, -0.15) is 0 Å². The van der Waals surface area contributed by atoms with Crippen molar-refractivity contribution in [2.45, 2.75) is 13.3 Å². The molecule has 7 heteroatoms. The van der Waals surface area contributed by atoms with Crippen LogP contribution in [-0.2, 0) is 6.42 Å².